The van der Waals surface area contributed by atoms with Crippen LogP contribution in [0.15, 0.2) is 23.0 Å². The van der Waals surface area contributed by atoms with Gasteiger partial charge in [0, 0.05) is 18.4 Å². The van der Waals surface area contributed by atoms with Crippen LogP contribution in [0, 0.1) is 0 Å². The first-order valence-electron chi connectivity index (χ1n) is 5.14. The predicted molar refractivity (Wildman–Crippen MR) is 64.1 cm³/mol. The molecule has 6 nitrogen and oxygen atoms in total. The van der Waals surface area contributed by atoms with Crippen molar-refractivity contribution in [2.24, 2.45) is 0 Å². The van der Waals surface area contributed by atoms with Gasteiger partial charge in [-0.15, -0.1) is 0 Å². The number of ether oxygens (including phenoxy) is 2. The number of phenols is 1. The lowest BCUT2D eigenvalue weighted by Gasteiger charge is -2.10. The number of aromatic hydroxyl groups is 1. The van der Waals surface area contributed by atoms with Gasteiger partial charge in [0.1, 0.15) is 5.75 Å². The molecule has 0 aliphatic heterocycles. The second-order valence-electron chi connectivity index (χ2n) is 3.64. The molecule has 0 radical (unpaired) electrons. The summed E-state index contributed by atoms with van der Waals surface area (Å²) in [5, 5.41) is 9.88. The molecule has 1 aromatic carbocycles. The average molecular weight is 249 g/mol. The van der Waals surface area contributed by atoms with Gasteiger partial charge >= 0.3 is 5.97 Å². The van der Waals surface area contributed by atoms with Crippen LogP contribution in [0.2, 0.25) is 0 Å². The number of aromatic amines is 1. The summed E-state index contributed by atoms with van der Waals surface area (Å²) in [6, 6.07) is 4.39. The zero-order valence-electron chi connectivity index (χ0n) is 9.81. The van der Waals surface area contributed by atoms with Crippen LogP contribution >= 0.6 is 0 Å². The quantitative estimate of drug-likeness (QED) is 0.780. The van der Waals surface area contributed by atoms with E-state index in [2.05, 4.69) is 4.98 Å². The Bertz CT molecular complexity index is 674. The molecular formula is C12H11NO5. The van der Waals surface area contributed by atoms with Crippen molar-refractivity contribution in [2.45, 2.75) is 6.92 Å². The molecule has 0 aliphatic carbocycles. The second kappa shape index (κ2) is 4.40. The van der Waals surface area contributed by atoms with Crippen molar-refractivity contribution in [1.29, 1.82) is 0 Å². The van der Waals surface area contributed by atoms with E-state index in [1.165, 1.54) is 26.2 Å². The van der Waals surface area contributed by atoms with Crippen molar-refractivity contribution in [3.8, 4) is 17.2 Å². The van der Waals surface area contributed by atoms with Gasteiger partial charge in [-0.05, 0) is 12.1 Å². The van der Waals surface area contributed by atoms with Gasteiger partial charge in [0.2, 0.25) is 5.75 Å². The Kier molecular flexibility index (Phi) is 2.93. The fraction of sp³-hybridized carbons (Fsp3) is 0.167. The summed E-state index contributed by atoms with van der Waals surface area (Å²) < 4.78 is 9.94. The first-order valence-corrected chi connectivity index (χ1v) is 5.14. The van der Waals surface area contributed by atoms with Gasteiger partial charge in [0.15, 0.2) is 5.75 Å². The molecule has 1 aromatic heterocycles. The highest BCUT2D eigenvalue weighted by Crippen LogP contribution is 2.32. The van der Waals surface area contributed by atoms with Crippen LogP contribution < -0.4 is 15.0 Å². The molecule has 1 heterocycles. The Morgan fingerprint density at radius 3 is 2.67 bits per heavy atom. The van der Waals surface area contributed by atoms with Crippen molar-refractivity contribution in [2.75, 3.05) is 7.11 Å². The monoisotopic (exact) mass is 249 g/mol. The largest absolute Gasteiger partial charge is 0.508 e. The van der Waals surface area contributed by atoms with Gasteiger partial charge in [0.25, 0.3) is 5.56 Å². The van der Waals surface area contributed by atoms with Gasteiger partial charge < -0.3 is 19.6 Å². The highest BCUT2D eigenvalue weighted by Gasteiger charge is 2.16. The number of H-pyrrole nitrogens is 1. The van der Waals surface area contributed by atoms with E-state index in [4.69, 9.17) is 9.47 Å². The van der Waals surface area contributed by atoms with Gasteiger partial charge in [-0.1, -0.05) is 0 Å². The number of phenolic OH excluding ortho intramolecular Hbond substituents is 1. The van der Waals surface area contributed by atoms with Crippen LogP contribution in [-0.2, 0) is 4.79 Å². The zero-order valence-corrected chi connectivity index (χ0v) is 9.81. The van der Waals surface area contributed by atoms with Crippen molar-refractivity contribution in [3.63, 3.8) is 0 Å². The molecular weight excluding hydrogens is 238 g/mol. The number of aromatic nitrogens is 1. The minimum atomic E-state index is -0.614. The number of fused-ring (bicyclic) bond motifs is 1. The molecule has 94 valence electrons. The number of carbonyl (C=O) groups excluding carboxylic acids is 1. The molecule has 0 saturated heterocycles. The van der Waals surface area contributed by atoms with Crippen LogP contribution in [0.5, 0.6) is 17.2 Å². The highest BCUT2D eigenvalue weighted by atomic mass is 16.6. The Labute approximate surface area is 102 Å². The van der Waals surface area contributed by atoms with Gasteiger partial charge in [-0.25, -0.2) is 0 Å². The van der Waals surface area contributed by atoms with E-state index >= 15 is 0 Å². The van der Waals surface area contributed by atoms with Crippen molar-refractivity contribution in [3.05, 3.63) is 28.6 Å². The minimum Gasteiger partial charge on any atom is -0.508 e. The Hall–Kier alpha value is -2.50. The maximum atomic E-state index is 11.8. The number of pyridine rings is 1. The molecule has 0 saturated carbocycles. The van der Waals surface area contributed by atoms with Crippen LogP contribution in [0.1, 0.15) is 6.92 Å². The summed E-state index contributed by atoms with van der Waals surface area (Å²) in [6.45, 7) is 1.19. The highest BCUT2D eigenvalue weighted by molar-refractivity contribution is 5.89. The van der Waals surface area contributed by atoms with Crippen LogP contribution in [0.3, 0.4) is 0 Å². The fourth-order valence-electron chi connectivity index (χ4n) is 1.68. The first kappa shape index (κ1) is 12.0. The molecule has 0 amide bonds. The number of hydrogen-bond acceptors (Lipinski definition) is 5. The van der Waals surface area contributed by atoms with E-state index in [0.29, 0.717) is 10.9 Å². The molecule has 0 atom stereocenters. The number of rotatable bonds is 2. The third kappa shape index (κ3) is 2.00. The van der Waals surface area contributed by atoms with Crippen LogP contribution in [-0.4, -0.2) is 23.2 Å². The molecule has 18 heavy (non-hydrogen) atoms. The summed E-state index contributed by atoms with van der Waals surface area (Å²) in [7, 11) is 1.37. The minimum absolute atomic E-state index is 0.0143. The Balaban J connectivity index is 2.79. The van der Waals surface area contributed by atoms with Gasteiger partial charge in [-0.3, -0.25) is 9.59 Å². The van der Waals surface area contributed by atoms with Crippen molar-refractivity contribution < 1.29 is 19.4 Å². The summed E-state index contributed by atoms with van der Waals surface area (Å²) in [4.78, 5) is 25.2. The lowest BCUT2D eigenvalue weighted by atomic mass is 10.2. The van der Waals surface area contributed by atoms with Crippen molar-refractivity contribution >= 4 is 16.9 Å². The standard InChI is InChI=1S/C12H11NO5/c1-6(14)18-11-10(17-2)8-4-3-7(15)5-9(8)13-12(11)16/h3-5,15H,1-2H3,(H,13,16). The van der Waals surface area contributed by atoms with Crippen LogP contribution in [0.4, 0.5) is 0 Å². The topological polar surface area (TPSA) is 88.6 Å². The number of nitrogens with one attached hydrogen (secondary N) is 1. The molecule has 6 heteroatoms. The molecule has 2 rings (SSSR count). The number of carbonyl (C=O) groups is 1. The van der Waals surface area contributed by atoms with Gasteiger partial charge in [0.05, 0.1) is 12.6 Å². The summed E-state index contributed by atoms with van der Waals surface area (Å²) in [5.41, 5.74) is -0.201. The maximum Gasteiger partial charge on any atom is 0.308 e. The fourth-order valence-corrected chi connectivity index (χ4v) is 1.68. The Morgan fingerprint density at radius 1 is 1.33 bits per heavy atom. The van der Waals surface area contributed by atoms with E-state index in [-0.39, 0.29) is 17.2 Å². The summed E-state index contributed by atoms with van der Waals surface area (Å²) >= 11 is 0. The van der Waals surface area contributed by atoms with E-state index in [0.717, 1.165) is 0 Å². The first-order chi connectivity index (χ1) is 8.52. The smallest absolute Gasteiger partial charge is 0.308 e. The maximum absolute atomic E-state index is 11.8. The Morgan fingerprint density at radius 2 is 2.06 bits per heavy atom. The summed E-state index contributed by atoms with van der Waals surface area (Å²) in [6.07, 6.45) is 0. The van der Waals surface area contributed by atoms with Gasteiger partial charge in [-0.2, -0.15) is 0 Å². The van der Waals surface area contributed by atoms with E-state index in [1.54, 1.807) is 6.07 Å². The number of benzene rings is 1. The number of esters is 1. The molecule has 0 bridgehead atoms. The number of hydrogen-bond donors (Lipinski definition) is 2. The van der Waals surface area contributed by atoms with Crippen LogP contribution in [0.25, 0.3) is 10.9 Å². The second-order valence-corrected chi connectivity index (χ2v) is 3.64. The third-order valence-corrected chi connectivity index (χ3v) is 2.36. The van der Waals surface area contributed by atoms with Crippen molar-refractivity contribution in [1.82, 2.24) is 4.98 Å². The molecule has 0 fully saturated rings. The SMILES string of the molecule is COc1c(OC(C)=O)c(=O)[nH]c2cc(O)ccc12. The average Bonchev–Trinajstić information content (AvgIpc) is 2.29. The molecule has 2 N–H and O–H groups in total. The van der Waals surface area contributed by atoms with E-state index in [9.17, 15) is 14.7 Å². The predicted octanol–water partition coefficient (Wildman–Crippen LogP) is 1.17. The summed E-state index contributed by atoms with van der Waals surface area (Å²) in [5.74, 6) is -0.635. The van der Waals surface area contributed by atoms with E-state index < -0.39 is 11.5 Å². The lowest BCUT2D eigenvalue weighted by Crippen LogP contribution is -2.15. The molecule has 0 unspecified atom stereocenters. The molecule has 2 aromatic rings. The molecule has 0 spiro atoms. The molecule has 0 aliphatic rings. The lowest BCUT2D eigenvalue weighted by molar-refractivity contribution is -0.132. The zero-order chi connectivity index (χ0) is 13.3. The van der Waals surface area contributed by atoms with E-state index in [1.807, 2.05) is 0 Å². The third-order valence-electron chi connectivity index (χ3n) is 2.36. The normalized spacial score (nSPS) is 10.3. The number of methoxy groups -OCH3 is 1.